The summed E-state index contributed by atoms with van der Waals surface area (Å²) < 4.78 is 0. The quantitative estimate of drug-likeness (QED) is 0.799. The van der Waals surface area contributed by atoms with Crippen molar-refractivity contribution >= 4 is 5.91 Å². The first-order valence-corrected chi connectivity index (χ1v) is 6.72. The number of nitrogens with zero attached hydrogens (tertiary/aromatic N) is 2. The predicted molar refractivity (Wildman–Crippen MR) is 70.7 cm³/mol. The number of likely N-dealkylation sites (N-methyl/N-ethyl adjacent to an activating group) is 1. The van der Waals surface area contributed by atoms with Crippen molar-refractivity contribution in [1.82, 2.24) is 9.80 Å². The van der Waals surface area contributed by atoms with Gasteiger partial charge in [-0.05, 0) is 32.9 Å². The van der Waals surface area contributed by atoms with Crippen molar-refractivity contribution in [3.8, 4) is 0 Å². The first-order valence-electron chi connectivity index (χ1n) is 6.72. The highest BCUT2D eigenvalue weighted by Crippen LogP contribution is 2.14. The molecule has 1 aliphatic rings. The summed E-state index contributed by atoms with van der Waals surface area (Å²) in [6, 6.07) is -0.0732. The molecule has 3 unspecified atom stereocenters. The molecule has 0 spiro atoms. The van der Waals surface area contributed by atoms with Crippen LogP contribution in [0.25, 0.3) is 0 Å². The molecule has 1 saturated heterocycles. The molecule has 0 bridgehead atoms. The lowest BCUT2D eigenvalue weighted by Crippen LogP contribution is -2.51. The highest BCUT2D eigenvalue weighted by molar-refractivity contribution is 5.82. The van der Waals surface area contributed by atoms with E-state index in [1.165, 1.54) is 0 Å². The molecule has 0 aromatic rings. The molecule has 1 amide bonds. The Bertz CT molecular complexity index is 257. The Labute approximate surface area is 105 Å². The summed E-state index contributed by atoms with van der Waals surface area (Å²) in [6.07, 6.45) is 1.99. The number of nitrogens with two attached hydrogens (primary N) is 1. The standard InChI is InChI=1S/C13H27N3O/c1-5-10(2)12(14)13(17)16-8-6-7-15(4)9-11(16)3/h10-12H,5-9,14H2,1-4H3. The van der Waals surface area contributed by atoms with Gasteiger partial charge < -0.3 is 15.5 Å². The van der Waals surface area contributed by atoms with E-state index in [2.05, 4.69) is 32.7 Å². The lowest BCUT2D eigenvalue weighted by Gasteiger charge is -2.32. The van der Waals surface area contributed by atoms with E-state index in [1.54, 1.807) is 0 Å². The zero-order valence-electron chi connectivity index (χ0n) is 11.6. The first-order chi connectivity index (χ1) is 7.97. The fourth-order valence-corrected chi connectivity index (χ4v) is 2.39. The van der Waals surface area contributed by atoms with Gasteiger partial charge >= 0.3 is 0 Å². The fourth-order valence-electron chi connectivity index (χ4n) is 2.39. The van der Waals surface area contributed by atoms with Gasteiger partial charge in [-0.3, -0.25) is 4.79 Å². The summed E-state index contributed by atoms with van der Waals surface area (Å²) >= 11 is 0. The minimum atomic E-state index is -0.342. The molecule has 1 heterocycles. The van der Waals surface area contributed by atoms with E-state index in [0.717, 1.165) is 32.5 Å². The SMILES string of the molecule is CCC(C)C(N)C(=O)N1CCCN(C)CC1C. The van der Waals surface area contributed by atoms with Crippen LogP contribution in [0.5, 0.6) is 0 Å². The van der Waals surface area contributed by atoms with Crippen LogP contribution in [0, 0.1) is 5.92 Å². The zero-order chi connectivity index (χ0) is 13.0. The summed E-state index contributed by atoms with van der Waals surface area (Å²) in [4.78, 5) is 16.6. The highest BCUT2D eigenvalue weighted by Gasteiger charge is 2.29. The van der Waals surface area contributed by atoms with E-state index in [0.29, 0.717) is 0 Å². The molecule has 0 aliphatic carbocycles. The normalized spacial score (nSPS) is 26.4. The Morgan fingerprint density at radius 1 is 1.47 bits per heavy atom. The van der Waals surface area contributed by atoms with Crippen molar-refractivity contribution < 1.29 is 4.79 Å². The van der Waals surface area contributed by atoms with E-state index < -0.39 is 0 Å². The number of carbonyl (C=O) groups excluding carboxylic acids is 1. The fraction of sp³-hybridized carbons (Fsp3) is 0.923. The topological polar surface area (TPSA) is 49.6 Å². The van der Waals surface area contributed by atoms with Gasteiger partial charge in [0.2, 0.25) is 5.91 Å². The Balaban J connectivity index is 2.66. The Morgan fingerprint density at radius 2 is 2.12 bits per heavy atom. The maximum atomic E-state index is 12.4. The van der Waals surface area contributed by atoms with E-state index in [9.17, 15) is 4.79 Å². The van der Waals surface area contributed by atoms with Crippen LogP contribution in [0.1, 0.15) is 33.6 Å². The summed E-state index contributed by atoms with van der Waals surface area (Å²) in [5.41, 5.74) is 6.05. The van der Waals surface area contributed by atoms with Crippen LogP contribution in [0.3, 0.4) is 0 Å². The van der Waals surface area contributed by atoms with E-state index >= 15 is 0 Å². The smallest absolute Gasteiger partial charge is 0.240 e. The summed E-state index contributed by atoms with van der Waals surface area (Å²) in [5, 5.41) is 0. The molecule has 0 radical (unpaired) electrons. The van der Waals surface area contributed by atoms with Crippen LogP contribution in [0.15, 0.2) is 0 Å². The van der Waals surface area contributed by atoms with Crippen LogP contribution in [-0.2, 0) is 4.79 Å². The number of amides is 1. The second-order valence-corrected chi connectivity index (χ2v) is 5.41. The van der Waals surface area contributed by atoms with E-state index in [1.807, 2.05) is 4.90 Å². The van der Waals surface area contributed by atoms with Crippen molar-refractivity contribution in [3.63, 3.8) is 0 Å². The number of hydrogen-bond donors (Lipinski definition) is 1. The van der Waals surface area contributed by atoms with Crippen LogP contribution in [-0.4, -0.2) is 54.5 Å². The van der Waals surface area contributed by atoms with Gasteiger partial charge in [0.1, 0.15) is 0 Å². The molecule has 1 aliphatic heterocycles. The lowest BCUT2D eigenvalue weighted by atomic mass is 9.98. The summed E-state index contributed by atoms with van der Waals surface area (Å²) in [7, 11) is 2.11. The molecule has 1 fully saturated rings. The average molecular weight is 241 g/mol. The van der Waals surface area contributed by atoms with Gasteiger partial charge in [0.05, 0.1) is 6.04 Å². The van der Waals surface area contributed by atoms with Crippen LogP contribution in [0.2, 0.25) is 0 Å². The third-order valence-corrected chi connectivity index (χ3v) is 3.87. The monoisotopic (exact) mass is 241 g/mol. The maximum Gasteiger partial charge on any atom is 0.240 e. The van der Waals surface area contributed by atoms with Crippen LogP contribution in [0.4, 0.5) is 0 Å². The maximum absolute atomic E-state index is 12.4. The number of hydrogen-bond acceptors (Lipinski definition) is 3. The second kappa shape index (κ2) is 6.36. The van der Waals surface area contributed by atoms with Gasteiger partial charge in [-0.25, -0.2) is 0 Å². The molecule has 1 rings (SSSR count). The lowest BCUT2D eigenvalue weighted by molar-refractivity contribution is -0.135. The minimum absolute atomic E-state index is 0.127. The molecule has 4 nitrogen and oxygen atoms in total. The first kappa shape index (κ1) is 14.5. The molecule has 2 N–H and O–H groups in total. The Hall–Kier alpha value is -0.610. The molecule has 3 atom stereocenters. The van der Waals surface area contributed by atoms with Gasteiger partial charge in [-0.2, -0.15) is 0 Å². The van der Waals surface area contributed by atoms with Gasteiger partial charge in [-0.1, -0.05) is 20.3 Å². The molecule has 17 heavy (non-hydrogen) atoms. The molecule has 0 aromatic carbocycles. The average Bonchev–Trinajstić information content (AvgIpc) is 2.47. The molecule has 0 aromatic heterocycles. The molecule has 0 saturated carbocycles. The summed E-state index contributed by atoms with van der Waals surface area (Å²) in [5.74, 6) is 0.387. The van der Waals surface area contributed by atoms with E-state index in [4.69, 9.17) is 5.73 Å². The number of rotatable bonds is 3. The van der Waals surface area contributed by atoms with Crippen molar-refractivity contribution in [2.75, 3.05) is 26.7 Å². The van der Waals surface area contributed by atoms with Crippen molar-refractivity contribution in [2.45, 2.75) is 45.7 Å². The van der Waals surface area contributed by atoms with Crippen LogP contribution >= 0.6 is 0 Å². The zero-order valence-corrected chi connectivity index (χ0v) is 11.6. The molecule has 100 valence electrons. The van der Waals surface area contributed by atoms with Gasteiger partial charge in [0.25, 0.3) is 0 Å². The third kappa shape index (κ3) is 3.68. The molecular formula is C13H27N3O. The largest absolute Gasteiger partial charge is 0.337 e. The Morgan fingerprint density at radius 3 is 2.71 bits per heavy atom. The highest BCUT2D eigenvalue weighted by atomic mass is 16.2. The van der Waals surface area contributed by atoms with Crippen LogP contribution < -0.4 is 5.73 Å². The Kier molecular flexibility index (Phi) is 5.40. The predicted octanol–water partition coefficient (Wildman–Crippen LogP) is 0.912. The van der Waals surface area contributed by atoms with Gasteiger partial charge in [0.15, 0.2) is 0 Å². The van der Waals surface area contributed by atoms with Crippen molar-refractivity contribution in [2.24, 2.45) is 11.7 Å². The number of carbonyl (C=O) groups is 1. The van der Waals surface area contributed by atoms with Gasteiger partial charge in [0, 0.05) is 19.1 Å². The second-order valence-electron chi connectivity index (χ2n) is 5.41. The van der Waals surface area contributed by atoms with Gasteiger partial charge in [-0.15, -0.1) is 0 Å². The third-order valence-electron chi connectivity index (χ3n) is 3.87. The minimum Gasteiger partial charge on any atom is -0.337 e. The summed E-state index contributed by atoms with van der Waals surface area (Å²) in [6.45, 7) is 9.10. The van der Waals surface area contributed by atoms with Crippen molar-refractivity contribution in [3.05, 3.63) is 0 Å². The molecular weight excluding hydrogens is 214 g/mol. The molecule has 4 heteroatoms. The van der Waals surface area contributed by atoms with E-state index in [-0.39, 0.29) is 23.9 Å². The van der Waals surface area contributed by atoms with Crippen molar-refractivity contribution in [1.29, 1.82) is 0 Å².